The van der Waals surface area contributed by atoms with Crippen LogP contribution in [-0.4, -0.2) is 10.6 Å². The molecule has 0 rings (SSSR count). The molecular formula is CH5LiN2OS. The number of hydrogen-bond donors (Lipinski definition) is 2. The van der Waals surface area contributed by atoms with E-state index < -0.39 is 0 Å². The van der Waals surface area contributed by atoms with Gasteiger partial charge in [-0.2, -0.15) is 0 Å². The Morgan fingerprint density at radius 1 is 1.33 bits per heavy atom. The topological polar surface area (TPSA) is 82.0 Å². The van der Waals surface area contributed by atoms with Gasteiger partial charge in [-0.25, -0.2) is 0 Å². The van der Waals surface area contributed by atoms with Crippen molar-refractivity contribution in [3.63, 3.8) is 0 Å². The first-order valence-corrected chi connectivity index (χ1v) is 1.19. The van der Waals surface area contributed by atoms with Crippen LogP contribution in [0.3, 0.4) is 0 Å². The summed E-state index contributed by atoms with van der Waals surface area (Å²) in [4.78, 5) is 0. The van der Waals surface area contributed by atoms with Crippen molar-refractivity contribution in [2.45, 2.75) is 0 Å². The number of nitrogens with two attached hydrogens (primary N) is 2. The summed E-state index contributed by atoms with van der Waals surface area (Å²) in [6.45, 7) is 0. The Morgan fingerprint density at radius 2 is 1.33 bits per heavy atom. The molecular weight excluding hydrogens is 95.0 g/mol. The zero-order valence-electron chi connectivity index (χ0n) is 3.51. The van der Waals surface area contributed by atoms with E-state index >= 15 is 0 Å². The minimum Gasteiger partial charge on any atom is -0.870 e. The van der Waals surface area contributed by atoms with Gasteiger partial charge in [0.15, 0.2) is 5.11 Å². The van der Waals surface area contributed by atoms with E-state index in [4.69, 9.17) is 0 Å². The summed E-state index contributed by atoms with van der Waals surface area (Å²) in [5, 5.41) is 0.000000000000000222. The predicted octanol–water partition coefficient (Wildman–Crippen LogP) is -3.98. The molecule has 32 valence electrons. The van der Waals surface area contributed by atoms with E-state index in [0.29, 0.717) is 0 Å². The van der Waals surface area contributed by atoms with E-state index in [9.17, 15) is 0 Å². The number of hydrogen-bond acceptors (Lipinski definition) is 2. The van der Waals surface area contributed by atoms with Crippen LogP contribution in [0.1, 0.15) is 0 Å². The fraction of sp³-hybridized carbons (Fsp3) is 0. The fourth-order valence-electron chi connectivity index (χ4n) is 0. The van der Waals surface area contributed by atoms with E-state index in [1.54, 1.807) is 0 Å². The van der Waals surface area contributed by atoms with Crippen LogP contribution in [0.5, 0.6) is 0 Å². The van der Waals surface area contributed by atoms with Crippen molar-refractivity contribution in [3.05, 3.63) is 0 Å². The van der Waals surface area contributed by atoms with Crippen LogP contribution in [0.2, 0.25) is 0 Å². The molecule has 5 N–H and O–H groups in total. The SMILES string of the molecule is NC(N)=S.[Li+].[OH-]. The Hall–Kier alpha value is 0.247. The summed E-state index contributed by atoms with van der Waals surface area (Å²) < 4.78 is 0. The first-order chi connectivity index (χ1) is 1.73. The van der Waals surface area contributed by atoms with Gasteiger partial charge in [-0.05, 0) is 12.2 Å². The Morgan fingerprint density at radius 3 is 1.33 bits per heavy atom. The van der Waals surface area contributed by atoms with Crippen molar-refractivity contribution in [2.24, 2.45) is 11.5 Å². The largest absolute Gasteiger partial charge is 1.00 e. The van der Waals surface area contributed by atoms with Gasteiger partial charge < -0.3 is 16.9 Å². The van der Waals surface area contributed by atoms with Gasteiger partial charge in [0.05, 0.1) is 0 Å². The van der Waals surface area contributed by atoms with E-state index in [1.807, 2.05) is 0 Å². The van der Waals surface area contributed by atoms with Gasteiger partial charge in [0.1, 0.15) is 0 Å². The fourth-order valence-corrected chi connectivity index (χ4v) is 0. The third kappa shape index (κ3) is 732. The van der Waals surface area contributed by atoms with Crippen molar-refractivity contribution in [1.29, 1.82) is 0 Å². The molecule has 0 aromatic rings. The maximum atomic E-state index is 4.62. The summed E-state index contributed by atoms with van der Waals surface area (Å²) in [5.41, 5.74) is 9.24. The van der Waals surface area contributed by atoms with Crippen LogP contribution in [0, 0.1) is 0 Å². The molecule has 5 heteroatoms. The monoisotopic (exact) mass is 100 g/mol. The van der Waals surface area contributed by atoms with Gasteiger partial charge in [0.25, 0.3) is 0 Å². The Balaban J connectivity index is -0.0000000450. The summed E-state index contributed by atoms with van der Waals surface area (Å²) in [6.07, 6.45) is 0. The first-order valence-electron chi connectivity index (χ1n) is 0.781. The van der Waals surface area contributed by atoms with Crippen molar-refractivity contribution in [3.8, 4) is 0 Å². The molecule has 0 aromatic carbocycles. The van der Waals surface area contributed by atoms with Crippen LogP contribution in [0.4, 0.5) is 0 Å². The average molecular weight is 100 g/mol. The zero-order valence-corrected chi connectivity index (χ0v) is 4.33. The maximum absolute atomic E-state index is 4.62. The smallest absolute Gasteiger partial charge is 0.870 e. The molecule has 0 heterocycles. The van der Waals surface area contributed by atoms with Gasteiger partial charge in [-0.3, -0.25) is 0 Å². The van der Waals surface area contributed by atoms with Gasteiger partial charge in [0, 0.05) is 0 Å². The Labute approximate surface area is 53.6 Å². The second kappa shape index (κ2) is 8.98. The van der Waals surface area contributed by atoms with Gasteiger partial charge in [-0.15, -0.1) is 0 Å². The summed E-state index contributed by atoms with van der Waals surface area (Å²) in [6, 6.07) is 0. The molecule has 6 heavy (non-hydrogen) atoms. The van der Waals surface area contributed by atoms with Crippen molar-refractivity contribution >= 4 is 17.3 Å². The summed E-state index contributed by atoms with van der Waals surface area (Å²) >= 11 is 4.09. The maximum Gasteiger partial charge on any atom is 1.00 e. The molecule has 0 aliphatic heterocycles. The third-order valence-corrected chi connectivity index (χ3v) is 0. The molecule has 0 saturated heterocycles. The van der Waals surface area contributed by atoms with Gasteiger partial charge in [-0.1, -0.05) is 0 Å². The van der Waals surface area contributed by atoms with Crippen molar-refractivity contribution < 1.29 is 24.3 Å². The van der Waals surface area contributed by atoms with Crippen LogP contribution in [0.15, 0.2) is 0 Å². The van der Waals surface area contributed by atoms with Gasteiger partial charge >= 0.3 is 18.9 Å². The predicted molar refractivity (Wildman–Crippen MR) is 22.9 cm³/mol. The Bertz CT molecular complexity index is 36.5. The average Bonchev–Trinajstić information content (AvgIpc) is 0.811. The van der Waals surface area contributed by atoms with Crippen LogP contribution >= 0.6 is 12.2 Å². The molecule has 0 atom stereocenters. The van der Waals surface area contributed by atoms with Crippen LogP contribution in [0.25, 0.3) is 0 Å². The molecule has 0 aliphatic carbocycles. The molecule has 0 radical (unpaired) electrons. The second-order valence-electron chi connectivity index (χ2n) is 0.402. The minimum absolute atomic E-state index is 0. The summed E-state index contributed by atoms with van der Waals surface area (Å²) in [5.74, 6) is 0. The number of rotatable bonds is 0. The van der Waals surface area contributed by atoms with Crippen LogP contribution < -0.4 is 30.3 Å². The number of thiocarbonyl (C=S) groups is 1. The molecule has 0 unspecified atom stereocenters. The second-order valence-corrected chi connectivity index (χ2v) is 0.874. The first kappa shape index (κ1) is 16.3. The van der Waals surface area contributed by atoms with Gasteiger partial charge in [0.2, 0.25) is 0 Å². The van der Waals surface area contributed by atoms with Crippen LogP contribution in [-0.2, 0) is 0 Å². The molecule has 0 bridgehead atoms. The molecule has 0 saturated carbocycles. The van der Waals surface area contributed by atoms with E-state index in [-0.39, 0.29) is 29.4 Å². The standard InChI is InChI=1S/CH4N2S.Li.H2O/c2-1(3)4;;/h(H4,2,3,4);;1H2/q;+1;/p-1. The van der Waals surface area contributed by atoms with E-state index in [2.05, 4.69) is 23.7 Å². The summed E-state index contributed by atoms with van der Waals surface area (Å²) in [7, 11) is 0. The third-order valence-electron chi connectivity index (χ3n) is 0. The molecule has 0 amide bonds. The Kier molecular flexibility index (Phi) is 24.4. The minimum atomic E-state index is 0. The zero-order chi connectivity index (χ0) is 3.58. The molecule has 0 aliphatic rings. The van der Waals surface area contributed by atoms with E-state index in [0.717, 1.165) is 0 Å². The molecule has 3 nitrogen and oxygen atoms in total. The molecule has 0 fully saturated rings. The molecule has 0 spiro atoms. The molecule has 0 aromatic heterocycles. The van der Waals surface area contributed by atoms with Crippen molar-refractivity contribution in [2.75, 3.05) is 0 Å². The van der Waals surface area contributed by atoms with Crippen molar-refractivity contribution in [1.82, 2.24) is 0 Å². The van der Waals surface area contributed by atoms with E-state index in [1.165, 1.54) is 0 Å². The quantitative estimate of drug-likeness (QED) is 0.240. The normalized spacial score (nSPS) is 4.00.